The van der Waals surface area contributed by atoms with Gasteiger partial charge in [0.15, 0.2) is 5.41 Å². The normalized spacial score (nSPS) is 13.1. The number of ketones is 1. The molecule has 0 aliphatic rings. The molecule has 2 unspecified atom stereocenters. The molecule has 0 bridgehead atoms. The van der Waals surface area contributed by atoms with E-state index in [2.05, 4.69) is 18.7 Å². The SMILES string of the molecule is C=CC(c1ccccc1)C(C#N)(C#N)C(CC(C)=O)c1ccccc1. The third-order valence-corrected chi connectivity index (χ3v) is 4.50. The highest BCUT2D eigenvalue weighted by Gasteiger charge is 2.47. The van der Waals surface area contributed by atoms with Crippen LogP contribution in [-0.2, 0) is 4.79 Å². The van der Waals surface area contributed by atoms with Gasteiger partial charge >= 0.3 is 0 Å². The maximum Gasteiger partial charge on any atom is 0.161 e. The van der Waals surface area contributed by atoms with Gasteiger partial charge < -0.3 is 4.79 Å². The van der Waals surface area contributed by atoms with Gasteiger partial charge in [0.1, 0.15) is 5.78 Å². The van der Waals surface area contributed by atoms with E-state index in [1.807, 2.05) is 60.7 Å². The summed E-state index contributed by atoms with van der Waals surface area (Å²) in [7, 11) is 0. The first-order valence-electron chi connectivity index (χ1n) is 8.13. The van der Waals surface area contributed by atoms with E-state index in [4.69, 9.17) is 0 Å². The molecule has 0 heterocycles. The Morgan fingerprint density at radius 2 is 1.52 bits per heavy atom. The summed E-state index contributed by atoms with van der Waals surface area (Å²) >= 11 is 0. The molecule has 3 nitrogen and oxygen atoms in total. The van der Waals surface area contributed by atoms with Crippen LogP contribution in [0.15, 0.2) is 73.3 Å². The number of Topliss-reactive ketones (excluding diaryl/α,β-unsaturated/α-hetero) is 1. The monoisotopic (exact) mass is 328 g/mol. The lowest BCUT2D eigenvalue weighted by molar-refractivity contribution is -0.117. The smallest absolute Gasteiger partial charge is 0.161 e. The van der Waals surface area contributed by atoms with Crippen LogP contribution in [0.4, 0.5) is 0 Å². The van der Waals surface area contributed by atoms with Crippen LogP contribution in [0.1, 0.15) is 36.3 Å². The molecule has 124 valence electrons. The van der Waals surface area contributed by atoms with Gasteiger partial charge in [0.05, 0.1) is 12.1 Å². The molecule has 0 radical (unpaired) electrons. The molecule has 0 fully saturated rings. The van der Waals surface area contributed by atoms with Gasteiger partial charge in [-0.3, -0.25) is 0 Å². The van der Waals surface area contributed by atoms with Crippen molar-refractivity contribution in [2.45, 2.75) is 25.2 Å². The summed E-state index contributed by atoms with van der Waals surface area (Å²) in [4.78, 5) is 11.9. The summed E-state index contributed by atoms with van der Waals surface area (Å²) in [6, 6.07) is 23.2. The molecule has 2 atom stereocenters. The van der Waals surface area contributed by atoms with E-state index in [1.54, 1.807) is 6.08 Å². The minimum atomic E-state index is -1.42. The summed E-state index contributed by atoms with van der Waals surface area (Å²) < 4.78 is 0. The maximum atomic E-state index is 11.9. The van der Waals surface area contributed by atoms with Gasteiger partial charge in [0.2, 0.25) is 0 Å². The summed E-state index contributed by atoms with van der Waals surface area (Å²) in [5.41, 5.74) is 0.226. The number of nitrogens with zero attached hydrogens (tertiary/aromatic N) is 2. The van der Waals surface area contributed by atoms with Gasteiger partial charge in [-0.1, -0.05) is 66.7 Å². The van der Waals surface area contributed by atoms with Crippen LogP contribution in [0.3, 0.4) is 0 Å². The van der Waals surface area contributed by atoms with Gasteiger partial charge in [0.25, 0.3) is 0 Å². The fraction of sp³-hybridized carbons (Fsp3) is 0.227. The van der Waals surface area contributed by atoms with Crippen molar-refractivity contribution in [3.8, 4) is 12.1 Å². The van der Waals surface area contributed by atoms with Crippen LogP contribution in [0.5, 0.6) is 0 Å². The molecule has 25 heavy (non-hydrogen) atoms. The van der Waals surface area contributed by atoms with Crippen LogP contribution in [0.2, 0.25) is 0 Å². The highest BCUT2D eigenvalue weighted by Crippen LogP contribution is 2.48. The van der Waals surface area contributed by atoms with Crippen LogP contribution in [0.25, 0.3) is 0 Å². The minimum Gasteiger partial charge on any atom is -0.300 e. The van der Waals surface area contributed by atoms with Crippen molar-refractivity contribution < 1.29 is 4.79 Å². The lowest BCUT2D eigenvalue weighted by Gasteiger charge is -2.34. The summed E-state index contributed by atoms with van der Waals surface area (Å²) in [5.74, 6) is -1.10. The molecule has 0 saturated heterocycles. The zero-order chi connectivity index (χ0) is 18.3. The summed E-state index contributed by atoms with van der Waals surface area (Å²) in [5, 5.41) is 20.1. The molecule has 3 heteroatoms. The largest absolute Gasteiger partial charge is 0.300 e. The van der Waals surface area contributed by atoms with Crippen molar-refractivity contribution in [1.82, 2.24) is 0 Å². The van der Waals surface area contributed by atoms with E-state index in [-0.39, 0.29) is 12.2 Å². The molecule has 0 aromatic heterocycles. The second-order valence-corrected chi connectivity index (χ2v) is 6.09. The maximum absolute atomic E-state index is 11.9. The van der Waals surface area contributed by atoms with E-state index >= 15 is 0 Å². The highest BCUT2D eigenvalue weighted by atomic mass is 16.1. The Kier molecular flexibility index (Phi) is 5.88. The van der Waals surface area contributed by atoms with Crippen LogP contribution in [-0.4, -0.2) is 5.78 Å². The summed E-state index contributed by atoms with van der Waals surface area (Å²) in [6.45, 7) is 5.35. The van der Waals surface area contributed by atoms with E-state index in [9.17, 15) is 15.3 Å². The first-order valence-corrected chi connectivity index (χ1v) is 8.13. The van der Waals surface area contributed by atoms with Gasteiger partial charge in [-0.15, -0.1) is 6.58 Å². The van der Waals surface area contributed by atoms with Crippen molar-refractivity contribution in [2.24, 2.45) is 5.41 Å². The highest BCUT2D eigenvalue weighted by molar-refractivity contribution is 5.77. The number of carbonyl (C=O) groups excluding carboxylic acids is 1. The molecular weight excluding hydrogens is 308 g/mol. The number of hydrogen-bond acceptors (Lipinski definition) is 3. The number of rotatable bonds is 7. The molecule has 0 aliphatic heterocycles. The third-order valence-electron chi connectivity index (χ3n) is 4.50. The van der Waals surface area contributed by atoms with Crippen molar-refractivity contribution >= 4 is 5.78 Å². The number of nitriles is 2. The predicted octanol–water partition coefficient (Wildman–Crippen LogP) is 4.75. The molecule has 0 saturated carbocycles. The quantitative estimate of drug-likeness (QED) is 0.689. The molecule has 2 aromatic rings. The molecule has 0 spiro atoms. The molecular formula is C22H20N2O. The van der Waals surface area contributed by atoms with Gasteiger partial charge in [-0.2, -0.15) is 10.5 Å². The van der Waals surface area contributed by atoms with E-state index in [0.29, 0.717) is 0 Å². The predicted molar refractivity (Wildman–Crippen MR) is 97.5 cm³/mol. The Morgan fingerprint density at radius 3 is 1.92 bits per heavy atom. The van der Waals surface area contributed by atoms with Crippen molar-refractivity contribution in [3.63, 3.8) is 0 Å². The standard InChI is InChI=1S/C22H20N2O/c1-3-20(18-10-6-4-7-11-18)22(15-23,16-24)21(14-17(2)25)19-12-8-5-9-13-19/h3-13,20-21H,1,14H2,2H3. The fourth-order valence-corrected chi connectivity index (χ4v) is 3.30. The second kappa shape index (κ2) is 8.08. The van der Waals surface area contributed by atoms with Crippen LogP contribution < -0.4 is 0 Å². The van der Waals surface area contributed by atoms with Crippen LogP contribution in [0, 0.1) is 28.1 Å². The Bertz CT molecular complexity index is 799. The van der Waals surface area contributed by atoms with E-state index in [0.717, 1.165) is 11.1 Å². The Hall–Kier alpha value is -3.17. The first-order chi connectivity index (χ1) is 12.1. The zero-order valence-corrected chi connectivity index (χ0v) is 14.2. The Balaban J connectivity index is 2.66. The molecule has 0 amide bonds. The van der Waals surface area contributed by atoms with Gasteiger partial charge in [-0.05, 0) is 18.1 Å². The average Bonchev–Trinajstić information content (AvgIpc) is 2.66. The van der Waals surface area contributed by atoms with Gasteiger partial charge in [0, 0.05) is 18.3 Å². The Labute approximate surface area is 148 Å². The second-order valence-electron chi connectivity index (χ2n) is 6.09. The molecule has 0 aliphatic carbocycles. The molecule has 0 N–H and O–H groups in total. The number of allylic oxidation sites excluding steroid dienone is 1. The van der Waals surface area contributed by atoms with E-state index < -0.39 is 17.3 Å². The fourth-order valence-electron chi connectivity index (χ4n) is 3.30. The number of benzene rings is 2. The van der Waals surface area contributed by atoms with Crippen molar-refractivity contribution in [3.05, 3.63) is 84.4 Å². The Morgan fingerprint density at radius 1 is 1.04 bits per heavy atom. The lowest BCUT2D eigenvalue weighted by Crippen LogP contribution is -2.33. The minimum absolute atomic E-state index is 0.0559. The first kappa shape index (κ1) is 18.2. The third kappa shape index (κ3) is 3.67. The van der Waals surface area contributed by atoms with E-state index in [1.165, 1.54) is 6.92 Å². The van der Waals surface area contributed by atoms with Gasteiger partial charge in [-0.25, -0.2) is 0 Å². The van der Waals surface area contributed by atoms with Crippen molar-refractivity contribution in [2.75, 3.05) is 0 Å². The average molecular weight is 328 g/mol. The molecule has 2 aromatic carbocycles. The lowest BCUT2D eigenvalue weighted by atomic mass is 9.62. The number of carbonyl (C=O) groups is 1. The van der Waals surface area contributed by atoms with Crippen molar-refractivity contribution in [1.29, 1.82) is 10.5 Å². The summed E-state index contributed by atoms with van der Waals surface area (Å²) in [6.07, 6.45) is 1.76. The topological polar surface area (TPSA) is 64.7 Å². The van der Waals surface area contributed by atoms with Crippen LogP contribution >= 0.6 is 0 Å². The molecule has 2 rings (SSSR count). The zero-order valence-electron chi connectivity index (χ0n) is 14.2. The number of hydrogen-bond donors (Lipinski definition) is 0.